The fourth-order valence-electron chi connectivity index (χ4n) is 1.53. The number of nitrogen functional groups attached to an aromatic ring is 1. The van der Waals surface area contributed by atoms with E-state index in [-0.39, 0.29) is 5.84 Å². The van der Waals surface area contributed by atoms with Gasteiger partial charge in [0.25, 0.3) is 0 Å². The van der Waals surface area contributed by atoms with Crippen molar-refractivity contribution in [3.63, 3.8) is 0 Å². The maximum Gasteiger partial charge on any atom is 0.132 e. The Morgan fingerprint density at radius 1 is 1.12 bits per heavy atom. The topological polar surface area (TPSA) is 75.7 Å². The van der Waals surface area contributed by atoms with Crippen molar-refractivity contribution in [1.82, 2.24) is 9.97 Å². The van der Waals surface area contributed by atoms with Crippen LogP contribution in [0.25, 0.3) is 0 Å². The number of hydrogen-bond acceptors (Lipinski definition) is 3. The summed E-state index contributed by atoms with van der Waals surface area (Å²) in [7, 11) is 0. The third-order valence-corrected chi connectivity index (χ3v) is 2.28. The number of benzene rings is 1. The molecule has 2 rings (SSSR count). The van der Waals surface area contributed by atoms with Crippen LogP contribution in [0.2, 0.25) is 0 Å². The van der Waals surface area contributed by atoms with Crippen molar-refractivity contribution >= 4 is 5.84 Å². The Kier molecular flexibility index (Phi) is 2.91. The number of rotatable bonds is 3. The summed E-state index contributed by atoms with van der Waals surface area (Å²) in [4.78, 5) is 8.30. The molecule has 0 bridgehead atoms. The minimum absolute atomic E-state index is 0.0755. The molecule has 2 aromatic rings. The summed E-state index contributed by atoms with van der Waals surface area (Å²) in [5.41, 5.74) is 7.23. The largest absolute Gasteiger partial charge is 0.384 e. The zero-order valence-corrected chi connectivity index (χ0v) is 8.72. The molecule has 0 spiro atoms. The summed E-state index contributed by atoms with van der Waals surface area (Å²) in [6.45, 7) is 0. The van der Waals surface area contributed by atoms with E-state index in [1.54, 1.807) is 18.5 Å². The van der Waals surface area contributed by atoms with Crippen LogP contribution in [0.5, 0.6) is 0 Å². The van der Waals surface area contributed by atoms with E-state index in [4.69, 9.17) is 11.1 Å². The maximum atomic E-state index is 7.48. The number of nitrogens with zero attached hydrogens (tertiary/aromatic N) is 2. The lowest BCUT2D eigenvalue weighted by Gasteiger charge is -2.06. The number of nitrogens with one attached hydrogen (secondary N) is 1. The molecule has 0 aliphatic carbocycles. The van der Waals surface area contributed by atoms with E-state index in [9.17, 15) is 0 Å². The SMILES string of the molecule is N=C(N)c1ccccc1Cc1ncccn1. The minimum Gasteiger partial charge on any atom is -0.384 e. The molecule has 0 fully saturated rings. The summed E-state index contributed by atoms with van der Waals surface area (Å²) in [5.74, 6) is 0.808. The van der Waals surface area contributed by atoms with Gasteiger partial charge in [-0.15, -0.1) is 0 Å². The Morgan fingerprint density at radius 2 is 1.81 bits per heavy atom. The lowest BCUT2D eigenvalue weighted by molar-refractivity contribution is 0.965. The van der Waals surface area contributed by atoms with Gasteiger partial charge in [0.1, 0.15) is 11.7 Å². The van der Waals surface area contributed by atoms with Crippen molar-refractivity contribution in [2.24, 2.45) is 5.73 Å². The third-order valence-electron chi connectivity index (χ3n) is 2.28. The zero-order chi connectivity index (χ0) is 11.4. The van der Waals surface area contributed by atoms with E-state index in [1.807, 2.05) is 24.3 Å². The molecule has 4 nitrogen and oxygen atoms in total. The van der Waals surface area contributed by atoms with Crippen LogP contribution in [-0.4, -0.2) is 15.8 Å². The van der Waals surface area contributed by atoms with Crippen molar-refractivity contribution in [2.75, 3.05) is 0 Å². The molecule has 0 aliphatic heterocycles. The van der Waals surface area contributed by atoms with Crippen LogP contribution in [0.15, 0.2) is 42.7 Å². The van der Waals surface area contributed by atoms with Gasteiger partial charge < -0.3 is 5.73 Å². The van der Waals surface area contributed by atoms with Crippen molar-refractivity contribution in [3.8, 4) is 0 Å². The molecule has 0 atom stereocenters. The Bertz CT molecular complexity index is 493. The van der Waals surface area contributed by atoms with Gasteiger partial charge in [0.15, 0.2) is 0 Å². The number of amidine groups is 1. The molecule has 0 radical (unpaired) electrons. The van der Waals surface area contributed by atoms with Crippen LogP contribution in [0, 0.1) is 5.41 Å². The molecule has 16 heavy (non-hydrogen) atoms. The van der Waals surface area contributed by atoms with Crippen LogP contribution in [0.3, 0.4) is 0 Å². The summed E-state index contributed by atoms with van der Waals surface area (Å²) in [5, 5.41) is 7.48. The average Bonchev–Trinajstić information content (AvgIpc) is 2.31. The predicted octanol–water partition coefficient (Wildman–Crippen LogP) is 1.35. The Morgan fingerprint density at radius 3 is 2.50 bits per heavy atom. The van der Waals surface area contributed by atoms with Gasteiger partial charge in [-0.05, 0) is 11.6 Å². The van der Waals surface area contributed by atoms with Gasteiger partial charge in [0.05, 0.1) is 0 Å². The molecule has 1 heterocycles. The van der Waals surface area contributed by atoms with Gasteiger partial charge in [0.2, 0.25) is 0 Å². The van der Waals surface area contributed by atoms with Gasteiger partial charge in [-0.3, -0.25) is 5.41 Å². The molecule has 0 saturated heterocycles. The second-order valence-electron chi connectivity index (χ2n) is 3.41. The fourth-order valence-corrected chi connectivity index (χ4v) is 1.53. The fraction of sp³-hybridized carbons (Fsp3) is 0.0833. The first kappa shape index (κ1) is 10.3. The summed E-state index contributed by atoms with van der Waals surface area (Å²) >= 11 is 0. The van der Waals surface area contributed by atoms with Gasteiger partial charge in [-0.25, -0.2) is 9.97 Å². The smallest absolute Gasteiger partial charge is 0.132 e. The van der Waals surface area contributed by atoms with Crippen LogP contribution >= 0.6 is 0 Å². The van der Waals surface area contributed by atoms with Crippen LogP contribution in [0.1, 0.15) is 17.0 Å². The van der Waals surface area contributed by atoms with E-state index < -0.39 is 0 Å². The average molecular weight is 212 g/mol. The van der Waals surface area contributed by atoms with Crippen LogP contribution < -0.4 is 5.73 Å². The van der Waals surface area contributed by atoms with E-state index in [1.165, 1.54) is 0 Å². The monoisotopic (exact) mass is 212 g/mol. The van der Waals surface area contributed by atoms with Crippen molar-refractivity contribution < 1.29 is 0 Å². The predicted molar refractivity (Wildman–Crippen MR) is 62.3 cm³/mol. The molecule has 0 unspecified atom stereocenters. The minimum atomic E-state index is 0.0755. The Hall–Kier alpha value is -2.23. The van der Waals surface area contributed by atoms with Crippen molar-refractivity contribution in [2.45, 2.75) is 6.42 Å². The summed E-state index contributed by atoms with van der Waals surface area (Å²) < 4.78 is 0. The summed E-state index contributed by atoms with van der Waals surface area (Å²) in [6.07, 6.45) is 4.01. The molecule has 80 valence electrons. The highest BCUT2D eigenvalue weighted by molar-refractivity contribution is 5.96. The normalized spacial score (nSPS) is 10.0. The molecule has 0 aliphatic rings. The molecule has 4 heteroatoms. The molecule has 1 aromatic carbocycles. The highest BCUT2D eigenvalue weighted by Gasteiger charge is 2.06. The number of hydrogen-bond donors (Lipinski definition) is 2. The molecule has 3 N–H and O–H groups in total. The first-order chi connectivity index (χ1) is 7.77. The number of aromatic nitrogens is 2. The second kappa shape index (κ2) is 4.53. The molecule has 0 saturated carbocycles. The quantitative estimate of drug-likeness (QED) is 0.595. The van der Waals surface area contributed by atoms with E-state index >= 15 is 0 Å². The first-order valence-corrected chi connectivity index (χ1v) is 4.95. The Labute approximate surface area is 93.7 Å². The highest BCUT2D eigenvalue weighted by atomic mass is 14.8. The molecular weight excluding hydrogens is 200 g/mol. The van der Waals surface area contributed by atoms with Crippen molar-refractivity contribution in [1.29, 1.82) is 5.41 Å². The highest BCUT2D eigenvalue weighted by Crippen LogP contribution is 2.11. The van der Waals surface area contributed by atoms with Gasteiger partial charge in [0, 0.05) is 24.4 Å². The molecular formula is C12H12N4. The van der Waals surface area contributed by atoms with E-state index in [0.717, 1.165) is 17.0 Å². The van der Waals surface area contributed by atoms with Gasteiger partial charge >= 0.3 is 0 Å². The second-order valence-corrected chi connectivity index (χ2v) is 3.41. The van der Waals surface area contributed by atoms with E-state index in [2.05, 4.69) is 9.97 Å². The van der Waals surface area contributed by atoms with Gasteiger partial charge in [-0.2, -0.15) is 0 Å². The van der Waals surface area contributed by atoms with Crippen LogP contribution in [-0.2, 0) is 6.42 Å². The lowest BCUT2D eigenvalue weighted by Crippen LogP contribution is -2.14. The van der Waals surface area contributed by atoms with E-state index in [0.29, 0.717) is 6.42 Å². The summed E-state index contributed by atoms with van der Waals surface area (Å²) in [6, 6.07) is 9.34. The molecule has 0 amide bonds. The zero-order valence-electron chi connectivity index (χ0n) is 8.72. The van der Waals surface area contributed by atoms with Crippen molar-refractivity contribution in [3.05, 3.63) is 59.7 Å². The maximum absolute atomic E-state index is 7.48. The molecule has 1 aromatic heterocycles. The van der Waals surface area contributed by atoms with Gasteiger partial charge in [-0.1, -0.05) is 24.3 Å². The lowest BCUT2D eigenvalue weighted by atomic mass is 10.0. The Balaban J connectivity index is 2.31. The number of nitrogens with two attached hydrogens (primary N) is 1. The standard InChI is InChI=1S/C12H12N4/c13-12(14)10-5-2-1-4-9(10)8-11-15-6-3-7-16-11/h1-7H,8H2,(H3,13,14). The third kappa shape index (κ3) is 2.23. The first-order valence-electron chi connectivity index (χ1n) is 4.95. The van der Waals surface area contributed by atoms with Crippen LogP contribution in [0.4, 0.5) is 0 Å².